The maximum absolute atomic E-state index is 6.42. The average Bonchev–Trinajstić information content (AvgIpc) is 2.98. The zero-order valence-corrected chi connectivity index (χ0v) is 29.6. The number of nitrogens with zero attached hydrogens (tertiary/aromatic N) is 3. The summed E-state index contributed by atoms with van der Waals surface area (Å²) in [5.74, 6) is 1.81. The van der Waals surface area contributed by atoms with Gasteiger partial charge in [0.2, 0.25) is 0 Å². The minimum absolute atomic E-state index is 0. The normalized spacial score (nSPS) is 14.5. The lowest BCUT2D eigenvalue weighted by Gasteiger charge is -2.44. The van der Waals surface area contributed by atoms with Gasteiger partial charge in [-0.25, -0.2) is 5.01 Å². The first-order chi connectivity index (χ1) is 20.1. The quantitative estimate of drug-likeness (QED) is 0.168. The number of para-hydroxylation sites is 1. The third-order valence-electron chi connectivity index (χ3n) is 7.49. The molecule has 2 aliphatic heterocycles. The number of halogens is 4. The topological polar surface area (TPSA) is 40.2 Å². The zero-order valence-electron chi connectivity index (χ0n) is 25.6. The van der Waals surface area contributed by atoms with Crippen LogP contribution in [-0.4, -0.2) is 68.4 Å². The van der Waals surface area contributed by atoms with Crippen LogP contribution in [0.25, 0.3) is 0 Å². The summed E-state index contributed by atoms with van der Waals surface area (Å²) in [4.78, 5) is 5.00. The zero-order chi connectivity index (χ0) is 28.4. The first-order valence-electron chi connectivity index (χ1n) is 15.0. The predicted molar refractivity (Wildman–Crippen MR) is 193 cm³/mol. The summed E-state index contributed by atoms with van der Waals surface area (Å²) < 4.78 is 12.0. The van der Waals surface area contributed by atoms with E-state index in [2.05, 4.69) is 70.5 Å². The second-order valence-electron chi connectivity index (χ2n) is 11.0. The molecule has 2 aliphatic rings. The smallest absolute Gasteiger partial charge is 0.119 e. The van der Waals surface area contributed by atoms with Crippen molar-refractivity contribution >= 4 is 72.0 Å². The van der Waals surface area contributed by atoms with Crippen LogP contribution in [0.15, 0.2) is 76.5 Å². The molecule has 0 spiro atoms. The van der Waals surface area contributed by atoms with Gasteiger partial charge in [0.15, 0.2) is 0 Å². The molecule has 0 saturated carbocycles. The van der Waals surface area contributed by atoms with Gasteiger partial charge in [-0.3, -0.25) is 9.91 Å². The molecule has 6 nitrogen and oxygen atoms in total. The Labute approximate surface area is 291 Å². The molecule has 0 aromatic heterocycles. The van der Waals surface area contributed by atoms with Crippen molar-refractivity contribution in [3.05, 3.63) is 71.8 Å². The highest BCUT2D eigenvalue weighted by molar-refractivity contribution is 7.99. The number of rotatable bonds is 14. The molecule has 0 unspecified atom stereocenters. The van der Waals surface area contributed by atoms with Crippen molar-refractivity contribution in [2.75, 3.05) is 57.5 Å². The van der Waals surface area contributed by atoms with Gasteiger partial charge in [-0.15, -0.1) is 37.2 Å². The summed E-state index contributed by atoms with van der Waals surface area (Å²) in [7, 11) is 0. The van der Waals surface area contributed by atoms with Crippen molar-refractivity contribution in [1.82, 2.24) is 15.2 Å². The SMILES string of the molecule is CC(C)NCCCCCCOc1ccc(OCCN2CCN(N3c4ccccc4Sc4ccc(Cl)cc43)CC2)cc1.Cl.Cl.Cl. The van der Waals surface area contributed by atoms with E-state index in [0.717, 1.165) is 68.8 Å². The number of nitrogens with one attached hydrogen (secondary N) is 1. The Bertz CT molecular complexity index is 1250. The largest absolute Gasteiger partial charge is 0.494 e. The van der Waals surface area contributed by atoms with E-state index in [0.29, 0.717) is 12.6 Å². The molecule has 1 saturated heterocycles. The Hall–Kier alpha value is -1.55. The van der Waals surface area contributed by atoms with Crippen molar-refractivity contribution in [2.45, 2.75) is 55.4 Å². The summed E-state index contributed by atoms with van der Waals surface area (Å²) in [6, 6.07) is 23.5. The van der Waals surface area contributed by atoms with Gasteiger partial charge in [-0.05, 0) is 74.0 Å². The molecule has 0 aliphatic carbocycles. The van der Waals surface area contributed by atoms with Crippen LogP contribution < -0.4 is 19.8 Å². The third-order valence-corrected chi connectivity index (χ3v) is 8.85. The van der Waals surface area contributed by atoms with Crippen molar-refractivity contribution in [3.8, 4) is 11.5 Å². The van der Waals surface area contributed by atoms with E-state index in [1.807, 2.05) is 42.1 Å². The molecule has 244 valence electrons. The minimum Gasteiger partial charge on any atom is -0.494 e. The van der Waals surface area contributed by atoms with E-state index in [1.54, 1.807) is 0 Å². The monoisotopic (exact) mass is 702 g/mol. The van der Waals surface area contributed by atoms with Crippen LogP contribution in [0.1, 0.15) is 39.5 Å². The lowest BCUT2D eigenvalue weighted by molar-refractivity contribution is 0.116. The van der Waals surface area contributed by atoms with Crippen molar-refractivity contribution in [2.24, 2.45) is 0 Å². The number of hydrogen-bond donors (Lipinski definition) is 1. The van der Waals surface area contributed by atoms with E-state index in [1.165, 1.54) is 40.4 Å². The summed E-state index contributed by atoms with van der Waals surface area (Å²) in [5.41, 5.74) is 2.39. The lowest BCUT2D eigenvalue weighted by Crippen LogP contribution is -2.53. The van der Waals surface area contributed by atoms with Crippen LogP contribution in [0.3, 0.4) is 0 Å². The van der Waals surface area contributed by atoms with Gasteiger partial charge in [-0.2, -0.15) is 0 Å². The van der Waals surface area contributed by atoms with E-state index >= 15 is 0 Å². The summed E-state index contributed by atoms with van der Waals surface area (Å²) in [6.45, 7) is 11.7. The molecule has 3 aromatic rings. The average molecular weight is 705 g/mol. The fourth-order valence-corrected chi connectivity index (χ4v) is 6.46. The molecule has 5 rings (SSSR count). The Morgan fingerprint density at radius 2 is 1.39 bits per heavy atom. The molecule has 1 fully saturated rings. The fourth-order valence-electron chi connectivity index (χ4n) is 5.26. The van der Waals surface area contributed by atoms with Crippen LogP contribution in [0.4, 0.5) is 11.4 Å². The first kappa shape index (κ1) is 38.6. The Morgan fingerprint density at radius 1 is 0.750 bits per heavy atom. The van der Waals surface area contributed by atoms with Gasteiger partial charge >= 0.3 is 0 Å². The summed E-state index contributed by atoms with van der Waals surface area (Å²) in [5, 5.41) is 9.06. The number of anilines is 2. The van der Waals surface area contributed by atoms with Gasteiger partial charge in [0.1, 0.15) is 18.1 Å². The van der Waals surface area contributed by atoms with Crippen molar-refractivity contribution in [3.63, 3.8) is 0 Å². The third kappa shape index (κ3) is 11.1. The van der Waals surface area contributed by atoms with E-state index in [-0.39, 0.29) is 37.2 Å². The molecule has 1 N–H and O–H groups in total. The fraction of sp³-hybridized carbons (Fsp3) is 0.455. The Morgan fingerprint density at radius 3 is 2.09 bits per heavy atom. The maximum Gasteiger partial charge on any atom is 0.119 e. The number of ether oxygens (including phenoxy) is 2. The predicted octanol–water partition coefficient (Wildman–Crippen LogP) is 8.76. The second kappa shape index (κ2) is 19.9. The lowest BCUT2D eigenvalue weighted by atomic mass is 10.2. The number of hydrogen-bond acceptors (Lipinski definition) is 7. The van der Waals surface area contributed by atoms with E-state index < -0.39 is 0 Å². The molecular weight excluding hydrogens is 658 g/mol. The Balaban J connectivity index is 0.00000225. The van der Waals surface area contributed by atoms with Gasteiger partial charge in [-0.1, -0.05) is 62.2 Å². The number of unbranched alkanes of at least 4 members (excludes halogenated alkanes) is 3. The Kier molecular flexibility index (Phi) is 17.4. The minimum atomic E-state index is 0. The molecule has 0 bridgehead atoms. The molecular formula is C33H46Cl4N4O2S. The second-order valence-corrected chi connectivity index (χ2v) is 12.5. The van der Waals surface area contributed by atoms with Crippen molar-refractivity contribution in [1.29, 1.82) is 0 Å². The highest BCUT2D eigenvalue weighted by Gasteiger charge is 2.30. The van der Waals surface area contributed by atoms with Crippen LogP contribution in [-0.2, 0) is 0 Å². The number of fused-ring (bicyclic) bond motifs is 2. The van der Waals surface area contributed by atoms with Crippen molar-refractivity contribution < 1.29 is 9.47 Å². The number of piperazine rings is 1. The van der Waals surface area contributed by atoms with Crippen LogP contribution in [0.2, 0.25) is 5.02 Å². The molecule has 3 aromatic carbocycles. The highest BCUT2D eigenvalue weighted by atomic mass is 35.5. The molecule has 0 atom stereocenters. The summed E-state index contributed by atoms with van der Waals surface area (Å²) in [6.07, 6.45) is 4.78. The van der Waals surface area contributed by atoms with Crippen LogP contribution in [0, 0.1) is 0 Å². The van der Waals surface area contributed by atoms with E-state index in [9.17, 15) is 0 Å². The van der Waals surface area contributed by atoms with Gasteiger partial charge < -0.3 is 14.8 Å². The standard InChI is InChI=1S/C33H43ClN4O2S.3ClH/c1-26(2)35-17-7-3-4-8-23-39-28-12-14-29(15-13-28)40-24-22-36-18-20-37(21-19-36)38-30-9-5-6-10-32(30)41-33-16-11-27(34)25-31(33)38;;;/h5-6,9-16,25-26,35H,3-4,7-8,17-24H2,1-2H3;3*1H. The number of hydrazine groups is 1. The molecule has 0 radical (unpaired) electrons. The van der Waals surface area contributed by atoms with Crippen LogP contribution in [0.5, 0.6) is 11.5 Å². The maximum atomic E-state index is 6.42. The van der Waals surface area contributed by atoms with Gasteiger partial charge in [0.05, 0.1) is 18.0 Å². The van der Waals surface area contributed by atoms with Gasteiger partial charge in [0.25, 0.3) is 0 Å². The molecule has 0 amide bonds. The van der Waals surface area contributed by atoms with E-state index in [4.69, 9.17) is 21.1 Å². The first-order valence-corrected chi connectivity index (χ1v) is 16.2. The molecule has 11 heteroatoms. The summed E-state index contributed by atoms with van der Waals surface area (Å²) >= 11 is 8.23. The highest BCUT2D eigenvalue weighted by Crippen LogP contribution is 2.49. The molecule has 2 heterocycles. The number of benzene rings is 3. The molecule has 44 heavy (non-hydrogen) atoms. The van der Waals surface area contributed by atoms with Crippen LogP contribution >= 0.6 is 60.6 Å². The van der Waals surface area contributed by atoms with Gasteiger partial charge in [0, 0.05) is 53.6 Å².